The largest absolute Gasteiger partial charge is 0.324 e. The number of rotatable bonds is 5. The van der Waals surface area contributed by atoms with Crippen LogP contribution in [0.15, 0.2) is 60.7 Å². The highest BCUT2D eigenvalue weighted by Gasteiger charge is 2.22. The summed E-state index contributed by atoms with van der Waals surface area (Å²) in [5, 5.41) is 4.76. The van der Waals surface area contributed by atoms with Gasteiger partial charge in [0, 0.05) is 11.1 Å². The molecule has 0 aliphatic rings. The lowest BCUT2D eigenvalue weighted by atomic mass is 10.1. The van der Waals surface area contributed by atoms with Crippen LogP contribution in [-0.4, -0.2) is 27.1 Å². The molecule has 0 spiro atoms. The highest BCUT2D eigenvalue weighted by molar-refractivity contribution is 7.92. The molecule has 0 fully saturated rings. The Balaban J connectivity index is 1.89. The van der Waals surface area contributed by atoms with E-state index in [0.717, 1.165) is 32.5 Å². The number of nitrogens with one attached hydrogen (secondary N) is 1. The molecule has 0 radical (unpaired) electrons. The van der Waals surface area contributed by atoms with Gasteiger partial charge in [-0.15, -0.1) is 0 Å². The van der Waals surface area contributed by atoms with E-state index in [1.807, 2.05) is 68.4 Å². The molecule has 140 valence electrons. The summed E-state index contributed by atoms with van der Waals surface area (Å²) in [5.74, 6) is -0.392. The smallest absolute Gasteiger partial charge is 0.245 e. The maximum absolute atomic E-state index is 12.6. The first-order valence-corrected chi connectivity index (χ1v) is 10.4. The molecule has 0 aliphatic carbocycles. The number of hydrogen-bond acceptors (Lipinski definition) is 3. The van der Waals surface area contributed by atoms with Gasteiger partial charge in [-0.3, -0.25) is 9.10 Å². The Hall–Kier alpha value is -2.86. The number of hydrogen-bond donors (Lipinski definition) is 1. The van der Waals surface area contributed by atoms with Gasteiger partial charge in [0.25, 0.3) is 0 Å². The van der Waals surface area contributed by atoms with Crippen LogP contribution in [0.2, 0.25) is 0 Å². The monoisotopic (exact) mass is 382 g/mol. The maximum atomic E-state index is 12.6. The summed E-state index contributed by atoms with van der Waals surface area (Å²) in [5.41, 5.74) is 3.01. The number of sulfonamides is 1. The third-order valence-electron chi connectivity index (χ3n) is 4.37. The van der Waals surface area contributed by atoms with Gasteiger partial charge in [-0.2, -0.15) is 0 Å². The lowest BCUT2D eigenvalue weighted by molar-refractivity contribution is -0.114. The molecule has 0 saturated carbocycles. The van der Waals surface area contributed by atoms with E-state index in [4.69, 9.17) is 0 Å². The van der Waals surface area contributed by atoms with Crippen molar-refractivity contribution in [1.29, 1.82) is 0 Å². The first-order chi connectivity index (χ1) is 12.8. The molecule has 0 saturated heterocycles. The van der Waals surface area contributed by atoms with Crippen molar-refractivity contribution in [3.8, 4) is 0 Å². The molecule has 27 heavy (non-hydrogen) atoms. The van der Waals surface area contributed by atoms with Gasteiger partial charge in [-0.05, 0) is 36.9 Å². The molecule has 0 heterocycles. The van der Waals surface area contributed by atoms with Gasteiger partial charge in [0.2, 0.25) is 15.9 Å². The van der Waals surface area contributed by atoms with Crippen molar-refractivity contribution in [2.75, 3.05) is 22.4 Å². The van der Waals surface area contributed by atoms with Crippen LogP contribution in [0.4, 0.5) is 11.4 Å². The number of amides is 1. The van der Waals surface area contributed by atoms with Crippen molar-refractivity contribution in [2.24, 2.45) is 0 Å². The van der Waals surface area contributed by atoms with E-state index in [2.05, 4.69) is 5.32 Å². The van der Waals surface area contributed by atoms with Gasteiger partial charge in [0.15, 0.2) is 0 Å². The molecule has 0 unspecified atom stereocenters. The average Bonchev–Trinajstić information content (AvgIpc) is 2.60. The van der Waals surface area contributed by atoms with E-state index in [1.165, 1.54) is 0 Å². The van der Waals surface area contributed by atoms with Crippen molar-refractivity contribution < 1.29 is 13.2 Å². The lowest BCUT2D eigenvalue weighted by Crippen LogP contribution is -2.37. The van der Waals surface area contributed by atoms with Crippen molar-refractivity contribution in [2.45, 2.75) is 13.8 Å². The number of carbonyl (C=O) groups excluding carboxylic acids is 1. The Morgan fingerprint density at radius 3 is 2.41 bits per heavy atom. The molecule has 3 rings (SSSR count). The Bertz CT molecular complexity index is 1100. The Labute approximate surface area is 159 Å². The van der Waals surface area contributed by atoms with Gasteiger partial charge < -0.3 is 5.32 Å². The number of aryl methyl sites for hydroxylation is 2. The molecule has 1 amide bonds. The standard InChI is InChI=1S/C21H22N2O3S/c1-15-11-12-20(16(2)13-15)23(27(3,25)26)14-21(24)22-19-10-6-8-17-7-4-5-9-18(17)19/h4-13H,14H2,1-3H3,(H,22,24). The minimum absolute atomic E-state index is 0.286. The normalized spacial score (nSPS) is 11.4. The SMILES string of the molecule is Cc1ccc(N(CC(=O)Nc2cccc3ccccc23)S(C)(=O)=O)c(C)c1. The predicted octanol–water partition coefficient (Wildman–Crippen LogP) is 3.86. The third kappa shape index (κ3) is 4.28. The highest BCUT2D eigenvalue weighted by atomic mass is 32.2. The lowest BCUT2D eigenvalue weighted by Gasteiger charge is -2.24. The molecule has 3 aromatic rings. The van der Waals surface area contributed by atoms with Gasteiger partial charge in [0.05, 0.1) is 11.9 Å². The minimum Gasteiger partial charge on any atom is -0.324 e. The molecule has 0 atom stereocenters. The molecule has 6 heteroatoms. The van der Waals surface area contributed by atoms with E-state index in [-0.39, 0.29) is 6.54 Å². The molecule has 3 aromatic carbocycles. The number of fused-ring (bicyclic) bond motifs is 1. The first-order valence-electron chi connectivity index (χ1n) is 8.58. The van der Waals surface area contributed by atoms with Crippen molar-refractivity contribution in [3.05, 3.63) is 71.8 Å². The summed E-state index contributed by atoms with van der Waals surface area (Å²) in [6, 6.07) is 18.8. The van der Waals surface area contributed by atoms with E-state index in [1.54, 1.807) is 6.07 Å². The van der Waals surface area contributed by atoms with Crippen LogP contribution in [0, 0.1) is 13.8 Å². The zero-order chi connectivity index (χ0) is 19.6. The van der Waals surface area contributed by atoms with Crippen LogP contribution in [-0.2, 0) is 14.8 Å². The number of benzene rings is 3. The molecular weight excluding hydrogens is 360 g/mol. The van der Waals surface area contributed by atoms with Crippen molar-refractivity contribution in [3.63, 3.8) is 0 Å². The average molecular weight is 382 g/mol. The second-order valence-electron chi connectivity index (χ2n) is 6.63. The minimum atomic E-state index is -3.61. The number of carbonyl (C=O) groups is 1. The van der Waals surface area contributed by atoms with Crippen LogP contribution in [0.25, 0.3) is 10.8 Å². The van der Waals surface area contributed by atoms with Crippen LogP contribution in [0.5, 0.6) is 0 Å². The van der Waals surface area contributed by atoms with E-state index < -0.39 is 15.9 Å². The summed E-state index contributed by atoms with van der Waals surface area (Å²) in [6.45, 7) is 3.49. The van der Waals surface area contributed by atoms with Gasteiger partial charge >= 0.3 is 0 Å². The molecule has 0 aromatic heterocycles. The molecule has 0 bridgehead atoms. The molecule has 1 N–H and O–H groups in total. The fourth-order valence-corrected chi connectivity index (χ4v) is 4.03. The fourth-order valence-electron chi connectivity index (χ4n) is 3.12. The summed E-state index contributed by atoms with van der Waals surface area (Å²) in [7, 11) is -3.61. The predicted molar refractivity (Wildman–Crippen MR) is 111 cm³/mol. The number of nitrogens with zero attached hydrogens (tertiary/aromatic N) is 1. The molecular formula is C21H22N2O3S. The Morgan fingerprint density at radius 2 is 1.70 bits per heavy atom. The zero-order valence-electron chi connectivity index (χ0n) is 15.6. The van der Waals surface area contributed by atoms with Crippen LogP contribution >= 0.6 is 0 Å². The second kappa shape index (κ2) is 7.40. The van der Waals surface area contributed by atoms with Crippen LogP contribution in [0.3, 0.4) is 0 Å². The fraction of sp³-hybridized carbons (Fsp3) is 0.190. The summed E-state index contributed by atoms with van der Waals surface area (Å²) < 4.78 is 25.8. The molecule has 5 nitrogen and oxygen atoms in total. The van der Waals surface area contributed by atoms with Gasteiger partial charge in [-0.1, -0.05) is 54.1 Å². The quantitative estimate of drug-likeness (QED) is 0.729. The van der Waals surface area contributed by atoms with E-state index in [0.29, 0.717) is 11.4 Å². The van der Waals surface area contributed by atoms with Crippen LogP contribution in [0.1, 0.15) is 11.1 Å². The summed E-state index contributed by atoms with van der Waals surface area (Å²) in [4.78, 5) is 12.6. The van der Waals surface area contributed by atoms with E-state index >= 15 is 0 Å². The highest BCUT2D eigenvalue weighted by Crippen LogP contribution is 2.25. The zero-order valence-corrected chi connectivity index (χ0v) is 16.4. The summed E-state index contributed by atoms with van der Waals surface area (Å²) >= 11 is 0. The van der Waals surface area contributed by atoms with E-state index in [9.17, 15) is 13.2 Å². The van der Waals surface area contributed by atoms with Gasteiger partial charge in [-0.25, -0.2) is 8.42 Å². The maximum Gasteiger partial charge on any atom is 0.245 e. The Morgan fingerprint density at radius 1 is 1.00 bits per heavy atom. The van der Waals surface area contributed by atoms with Gasteiger partial charge in [0.1, 0.15) is 6.54 Å². The van der Waals surface area contributed by atoms with Crippen LogP contribution < -0.4 is 9.62 Å². The number of anilines is 2. The third-order valence-corrected chi connectivity index (χ3v) is 5.50. The Kier molecular flexibility index (Phi) is 5.19. The first kappa shape index (κ1) is 18.9. The topological polar surface area (TPSA) is 66.5 Å². The second-order valence-corrected chi connectivity index (χ2v) is 8.54. The van der Waals surface area contributed by atoms with Crippen molar-refractivity contribution in [1.82, 2.24) is 0 Å². The van der Waals surface area contributed by atoms with Crippen molar-refractivity contribution >= 4 is 38.1 Å². The molecule has 0 aliphatic heterocycles. The summed E-state index contributed by atoms with van der Waals surface area (Å²) in [6.07, 6.45) is 1.11.